The Labute approximate surface area is 86.5 Å². The maximum absolute atomic E-state index is 3.59. The van der Waals surface area contributed by atoms with Crippen LogP contribution in [-0.2, 0) is 13.0 Å². The van der Waals surface area contributed by atoms with Crippen LogP contribution >= 0.6 is 0 Å². The average Bonchev–Trinajstić information content (AvgIpc) is 2.21. The van der Waals surface area contributed by atoms with Gasteiger partial charge in [-0.05, 0) is 36.8 Å². The molecule has 1 aromatic carbocycles. The molecule has 1 aliphatic rings. The second kappa shape index (κ2) is 4.14. The first-order chi connectivity index (χ1) is 6.77. The first-order valence-electron chi connectivity index (χ1n) is 5.57. The van der Waals surface area contributed by atoms with E-state index in [4.69, 9.17) is 0 Å². The van der Waals surface area contributed by atoms with Gasteiger partial charge in [0.05, 0.1) is 0 Å². The number of hydrogen-bond acceptors (Lipinski definition) is 1. The van der Waals surface area contributed by atoms with E-state index >= 15 is 0 Å². The summed E-state index contributed by atoms with van der Waals surface area (Å²) < 4.78 is 0. The van der Waals surface area contributed by atoms with Crippen LogP contribution in [0.5, 0.6) is 0 Å². The summed E-state index contributed by atoms with van der Waals surface area (Å²) in [5.41, 5.74) is 3.00. The van der Waals surface area contributed by atoms with Gasteiger partial charge in [-0.3, -0.25) is 0 Å². The maximum Gasteiger partial charge on any atom is 0.0210 e. The summed E-state index contributed by atoms with van der Waals surface area (Å²) in [6, 6.07) is 9.43. The zero-order valence-corrected chi connectivity index (χ0v) is 9.09. The van der Waals surface area contributed by atoms with E-state index in [2.05, 4.69) is 43.4 Å². The van der Waals surface area contributed by atoms with Crippen molar-refractivity contribution in [2.24, 2.45) is 5.92 Å². The third-order valence-electron chi connectivity index (χ3n) is 3.46. The van der Waals surface area contributed by atoms with E-state index in [0.717, 1.165) is 12.5 Å². The van der Waals surface area contributed by atoms with E-state index in [1.54, 1.807) is 0 Å². The molecule has 0 fully saturated rings. The molecular formula is C13H19N. The molecule has 14 heavy (non-hydrogen) atoms. The van der Waals surface area contributed by atoms with Gasteiger partial charge in [-0.25, -0.2) is 0 Å². The average molecular weight is 189 g/mol. The van der Waals surface area contributed by atoms with Gasteiger partial charge in [0, 0.05) is 12.6 Å². The van der Waals surface area contributed by atoms with Gasteiger partial charge >= 0.3 is 0 Å². The second-order valence-corrected chi connectivity index (χ2v) is 4.45. The van der Waals surface area contributed by atoms with Crippen molar-refractivity contribution in [3.63, 3.8) is 0 Å². The minimum atomic E-state index is 0.642. The first kappa shape index (κ1) is 9.72. The molecule has 0 saturated carbocycles. The topological polar surface area (TPSA) is 12.0 Å². The summed E-state index contributed by atoms with van der Waals surface area (Å²) >= 11 is 0. The SMILES string of the molecule is CC1CCc2ccccc2CNC1C. The molecule has 0 aliphatic carbocycles. The largest absolute Gasteiger partial charge is 0.310 e. The minimum Gasteiger partial charge on any atom is -0.310 e. The first-order valence-corrected chi connectivity index (χ1v) is 5.57. The molecule has 1 aromatic rings. The fraction of sp³-hybridized carbons (Fsp3) is 0.538. The predicted molar refractivity (Wildman–Crippen MR) is 60.2 cm³/mol. The van der Waals surface area contributed by atoms with Crippen molar-refractivity contribution in [1.29, 1.82) is 0 Å². The van der Waals surface area contributed by atoms with Gasteiger partial charge in [0.1, 0.15) is 0 Å². The normalized spacial score (nSPS) is 27.6. The second-order valence-electron chi connectivity index (χ2n) is 4.45. The van der Waals surface area contributed by atoms with Crippen LogP contribution in [0.15, 0.2) is 24.3 Å². The van der Waals surface area contributed by atoms with Crippen molar-refractivity contribution in [3.8, 4) is 0 Å². The highest BCUT2D eigenvalue weighted by Crippen LogP contribution is 2.19. The van der Waals surface area contributed by atoms with Crippen LogP contribution in [0.3, 0.4) is 0 Å². The number of nitrogens with one attached hydrogen (secondary N) is 1. The number of benzene rings is 1. The van der Waals surface area contributed by atoms with Crippen LogP contribution in [0.4, 0.5) is 0 Å². The minimum absolute atomic E-state index is 0.642. The maximum atomic E-state index is 3.59. The molecule has 0 spiro atoms. The van der Waals surface area contributed by atoms with Gasteiger partial charge in [0.15, 0.2) is 0 Å². The lowest BCUT2D eigenvalue weighted by Crippen LogP contribution is -2.33. The van der Waals surface area contributed by atoms with E-state index in [0.29, 0.717) is 6.04 Å². The molecule has 0 saturated heterocycles. The fourth-order valence-electron chi connectivity index (χ4n) is 2.08. The smallest absolute Gasteiger partial charge is 0.0210 e. The zero-order chi connectivity index (χ0) is 9.97. The third-order valence-corrected chi connectivity index (χ3v) is 3.46. The van der Waals surface area contributed by atoms with Crippen molar-refractivity contribution in [1.82, 2.24) is 5.32 Å². The Bertz CT molecular complexity index is 275. The van der Waals surface area contributed by atoms with Crippen molar-refractivity contribution in [2.45, 2.75) is 39.3 Å². The molecule has 1 aliphatic heterocycles. The van der Waals surface area contributed by atoms with Crippen LogP contribution in [0, 0.1) is 5.92 Å². The van der Waals surface area contributed by atoms with Crippen molar-refractivity contribution >= 4 is 0 Å². The molecule has 2 rings (SSSR count). The predicted octanol–water partition coefficient (Wildman–Crippen LogP) is 2.75. The summed E-state index contributed by atoms with van der Waals surface area (Å²) in [7, 11) is 0. The molecule has 2 unspecified atom stereocenters. The molecule has 0 radical (unpaired) electrons. The Morgan fingerprint density at radius 1 is 1.14 bits per heavy atom. The van der Waals surface area contributed by atoms with E-state index in [1.165, 1.54) is 24.0 Å². The van der Waals surface area contributed by atoms with Crippen LogP contribution in [0.25, 0.3) is 0 Å². The van der Waals surface area contributed by atoms with Gasteiger partial charge in [0.25, 0.3) is 0 Å². The van der Waals surface area contributed by atoms with E-state index in [-0.39, 0.29) is 0 Å². The van der Waals surface area contributed by atoms with E-state index in [9.17, 15) is 0 Å². The Morgan fingerprint density at radius 3 is 2.64 bits per heavy atom. The number of hydrogen-bond donors (Lipinski definition) is 1. The Hall–Kier alpha value is -0.820. The molecule has 0 aromatic heterocycles. The summed E-state index contributed by atoms with van der Waals surface area (Å²) in [6.45, 7) is 5.66. The molecule has 0 amide bonds. The third kappa shape index (κ3) is 1.98. The van der Waals surface area contributed by atoms with Crippen molar-refractivity contribution < 1.29 is 0 Å². The molecule has 76 valence electrons. The highest BCUT2D eigenvalue weighted by molar-refractivity contribution is 5.27. The number of rotatable bonds is 0. The van der Waals surface area contributed by atoms with Gasteiger partial charge in [-0.1, -0.05) is 31.2 Å². The highest BCUT2D eigenvalue weighted by Gasteiger charge is 2.15. The lowest BCUT2D eigenvalue weighted by molar-refractivity contribution is 0.368. The van der Waals surface area contributed by atoms with Gasteiger partial charge in [-0.15, -0.1) is 0 Å². The van der Waals surface area contributed by atoms with E-state index < -0.39 is 0 Å². The quantitative estimate of drug-likeness (QED) is 0.661. The summed E-state index contributed by atoms with van der Waals surface area (Å²) in [5.74, 6) is 0.781. The van der Waals surface area contributed by atoms with Crippen LogP contribution < -0.4 is 5.32 Å². The summed E-state index contributed by atoms with van der Waals surface area (Å²) in [6.07, 6.45) is 2.54. The number of aryl methyl sites for hydroxylation is 1. The highest BCUT2D eigenvalue weighted by atomic mass is 14.9. The molecular weight excluding hydrogens is 170 g/mol. The van der Waals surface area contributed by atoms with Crippen LogP contribution in [0.1, 0.15) is 31.4 Å². The lowest BCUT2D eigenvalue weighted by atomic mass is 9.91. The van der Waals surface area contributed by atoms with E-state index in [1.807, 2.05) is 0 Å². The fourth-order valence-corrected chi connectivity index (χ4v) is 2.08. The standard InChI is InChI=1S/C13H19N/c1-10-7-8-12-5-3-4-6-13(12)9-14-11(10)2/h3-6,10-11,14H,7-9H2,1-2H3. The monoisotopic (exact) mass is 189 g/mol. The number of fused-ring (bicyclic) bond motifs is 1. The Balaban J connectivity index is 2.20. The Kier molecular flexibility index (Phi) is 2.87. The molecule has 0 bridgehead atoms. The van der Waals surface area contributed by atoms with Gasteiger partial charge < -0.3 is 5.32 Å². The summed E-state index contributed by atoms with van der Waals surface area (Å²) in [5, 5.41) is 3.59. The van der Waals surface area contributed by atoms with Gasteiger partial charge in [0.2, 0.25) is 0 Å². The molecule has 2 atom stereocenters. The zero-order valence-electron chi connectivity index (χ0n) is 9.09. The van der Waals surface area contributed by atoms with Crippen molar-refractivity contribution in [3.05, 3.63) is 35.4 Å². The molecule has 1 heterocycles. The molecule has 1 N–H and O–H groups in total. The lowest BCUT2D eigenvalue weighted by Gasteiger charge is -2.25. The van der Waals surface area contributed by atoms with Crippen LogP contribution in [-0.4, -0.2) is 6.04 Å². The summed E-state index contributed by atoms with van der Waals surface area (Å²) in [4.78, 5) is 0. The van der Waals surface area contributed by atoms with Crippen molar-refractivity contribution in [2.75, 3.05) is 0 Å². The molecule has 1 heteroatoms. The molecule has 1 nitrogen and oxygen atoms in total. The van der Waals surface area contributed by atoms with Gasteiger partial charge in [-0.2, -0.15) is 0 Å². The van der Waals surface area contributed by atoms with Crippen LogP contribution in [0.2, 0.25) is 0 Å². The Morgan fingerprint density at radius 2 is 1.86 bits per heavy atom.